The molecule has 2 saturated heterocycles. The molecular weight excluding hydrogens is 422 g/mol. The highest BCUT2D eigenvalue weighted by Gasteiger charge is 2.58. The van der Waals surface area contributed by atoms with Crippen LogP contribution in [0.15, 0.2) is 54.6 Å². The summed E-state index contributed by atoms with van der Waals surface area (Å²) in [5, 5.41) is 6.82. The quantitative estimate of drug-likeness (QED) is 0.718. The first-order valence-corrected chi connectivity index (χ1v) is 12.9. The third kappa shape index (κ3) is 3.94. The Hall–Kier alpha value is -2.66. The number of nitrogens with one attached hydrogen (secondary N) is 2. The van der Waals surface area contributed by atoms with E-state index >= 15 is 0 Å². The van der Waals surface area contributed by atoms with Crippen molar-refractivity contribution in [3.05, 3.63) is 71.3 Å². The lowest BCUT2D eigenvalue weighted by Crippen LogP contribution is -2.63. The van der Waals surface area contributed by atoms with Crippen LogP contribution in [0.4, 0.5) is 0 Å². The molecule has 3 atom stereocenters. The van der Waals surface area contributed by atoms with E-state index in [-0.39, 0.29) is 23.8 Å². The highest BCUT2D eigenvalue weighted by molar-refractivity contribution is 5.89. The highest BCUT2D eigenvalue weighted by Crippen LogP contribution is 2.50. The van der Waals surface area contributed by atoms with Gasteiger partial charge in [0, 0.05) is 25.9 Å². The molecule has 0 aromatic heterocycles. The number of hydrogen-bond acceptors (Lipinski definition) is 3. The van der Waals surface area contributed by atoms with Gasteiger partial charge in [-0.3, -0.25) is 9.59 Å². The Morgan fingerprint density at radius 3 is 2.38 bits per heavy atom. The van der Waals surface area contributed by atoms with Gasteiger partial charge in [0.25, 0.3) is 0 Å². The molecule has 180 valence electrons. The van der Waals surface area contributed by atoms with Crippen LogP contribution in [0.25, 0.3) is 0 Å². The maximum absolute atomic E-state index is 14.8. The number of rotatable bonds is 4. The van der Waals surface area contributed by atoms with E-state index in [9.17, 15) is 9.59 Å². The smallest absolute Gasteiger partial charge is 0.233 e. The van der Waals surface area contributed by atoms with Crippen molar-refractivity contribution in [2.75, 3.05) is 19.6 Å². The van der Waals surface area contributed by atoms with Crippen molar-refractivity contribution in [1.82, 2.24) is 15.5 Å². The van der Waals surface area contributed by atoms with Gasteiger partial charge in [-0.1, -0.05) is 79.4 Å². The van der Waals surface area contributed by atoms with Gasteiger partial charge in [0.2, 0.25) is 11.8 Å². The Bertz CT molecular complexity index is 1030. The van der Waals surface area contributed by atoms with Crippen molar-refractivity contribution >= 4 is 11.8 Å². The van der Waals surface area contributed by atoms with Gasteiger partial charge in [0.1, 0.15) is 0 Å². The topological polar surface area (TPSA) is 61.4 Å². The third-order valence-electron chi connectivity index (χ3n) is 8.50. The predicted octanol–water partition coefficient (Wildman–Crippen LogP) is 4.26. The molecule has 0 spiro atoms. The zero-order chi connectivity index (χ0) is 23.8. The van der Waals surface area contributed by atoms with Crippen molar-refractivity contribution in [2.24, 2.45) is 5.92 Å². The summed E-state index contributed by atoms with van der Waals surface area (Å²) in [6.45, 7) is 5.84. The molecule has 2 aliphatic heterocycles. The first-order chi connectivity index (χ1) is 16.5. The van der Waals surface area contributed by atoms with Crippen molar-refractivity contribution < 1.29 is 9.59 Å². The van der Waals surface area contributed by atoms with Crippen LogP contribution in [-0.4, -0.2) is 41.9 Å². The average molecular weight is 460 g/mol. The monoisotopic (exact) mass is 459 g/mol. The zero-order valence-corrected chi connectivity index (χ0v) is 20.5. The summed E-state index contributed by atoms with van der Waals surface area (Å²) in [4.78, 5) is 29.2. The lowest BCUT2D eigenvalue weighted by molar-refractivity contribution is -0.140. The Kier molecular flexibility index (Phi) is 6.24. The van der Waals surface area contributed by atoms with Gasteiger partial charge in [-0.2, -0.15) is 0 Å². The molecule has 5 heteroatoms. The molecule has 0 unspecified atom stereocenters. The van der Waals surface area contributed by atoms with E-state index < -0.39 is 11.0 Å². The van der Waals surface area contributed by atoms with E-state index in [1.165, 1.54) is 17.5 Å². The minimum atomic E-state index is -0.489. The number of aryl methyl sites for hydroxylation is 1. The predicted molar refractivity (Wildman–Crippen MR) is 134 cm³/mol. The van der Waals surface area contributed by atoms with E-state index in [0.29, 0.717) is 13.1 Å². The molecule has 2 N–H and O–H groups in total. The number of fused-ring (bicyclic) bond motifs is 1. The summed E-state index contributed by atoms with van der Waals surface area (Å²) >= 11 is 0. The molecule has 2 heterocycles. The molecule has 5 nitrogen and oxygen atoms in total. The van der Waals surface area contributed by atoms with Crippen molar-refractivity contribution in [3.63, 3.8) is 0 Å². The molecule has 1 aliphatic carbocycles. The van der Waals surface area contributed by atoms with Gasteiger partial charge >= 0.3 is 0 Å². The Morgan fingerprint density at radius 2 is 1.71 bits per heavy atom. The third-order valence-corrected chi connectivity index (χ3v) is 8.50. The fourth-order valence-corrected chi connectivity index (χ4v) is 6.95. The SMILES string of the molecule is CC(=O)N[C@@]12CNCC[C@@H]1[C@@H](c1ccccc1)N(C(=O)C1(c3ccc(C)cc3)CCCCC1)C2. The second kappa shape index (κ2) is 9.18. The summed E-state index contributed by atoms with van der Waals surface area (Å²) in [5.41, 5.74) is 2.61. The van der Waals surface area contributed by atoms with Crippen molar-refractivity contribution in [3.8, 4) is 0 Å². The van der Waals surface area contributed by atoms with Crippen LogP contribution in [0.3, 0.4) is 0 Å². The van der Waals surface area contributed by atoms with Crippen LogP contribution >= 0.6 is 0 Å². The number of carbonyl (C=O) groups is 2. The molecule has 2 amide bonds. The Labute approximate surface area is 203 Å². The molecule has 34 heavy (non-hydrogen) atoms. The van der Waals surface area contributed by atoms with Crippen LogP contribution in [0, 0.1) is 12.8 Å². The fourth-order valence-electron chi connectivity index (χ4n) is 6.95. The number of likely N-dealkylation sites (tertiary alicyclic amines) is 1. The van der Waals surface area contributed by atoms with Gasteiger partial charge in [-0.15, -0.1) is 0 Å². The van der Waals surface area contributed by atoms with Crippen molar-refractivity contribution in [2.45, 2.75) is 69.4 Å². The Balaban J connectivity index is 1.61. The summed E-state index contributed by atoms with van der Waals surface area (Å²) in [6, 6.07) is 19.0. The molecule has 5 rings (SSSR count). The first kappa shape index (κ1) is 23.1. The van der Waals surface area contributed by atoms with E-state index in [1.54, 1.807) is 6.92 Å². The number of hydrogen-bond donors (Lipinski definition) is 2. The molecule has 2 aromatic rings. The molecule has 0 radical (unpaired) electrons. The first-order valence-electron chi connectivity index (χ1n) is 12.9. The summed E-state index contributed by atoms with van der Waals surface area (Å²) in [7, 11) is 0. The van der Waals surface area contributed by atoms with Crippen LogP contribution in [0.5, 0.6) is 0 Å². The van der Waals surface area contributed by atoms with Gasteiger partial charge in [-0.25, -0.2) is 0 Å². The number of piperidine rings is 1. The second-order valence-electron chi connectivity index (χ2n) is 10.7. The average Bonchev–Trinajstić information content (AvgIpc) is 3.19. The molecule has 3 aliphatic rings. The van der Waals surface area contributed by atoms with E-state index in [2.05, 4.69) is 71.0 Å². The van der Waals surface area contributed by atoms with E-state index in [1.807, 2.05) is 6.07 Å². The van der Waals surface area contributed by atoms with Gasteiger partial charge in [0.05, 0.1) is 17.0 Å². The Morgan fingerprint density at radius 1 is 1.00 bits per heavy atom. The highest BCUT2D eigenvalue weighted by atomic mass is 16.2. The minimum absolute atomic E-state index is 0.0271. The van der Waals surface area contributed by atoms with E-state index in [4.69, 9.17) is 0 Å². The zero-order valence-electron chi connectivity index (χ0n) is 20.5. The maximum Gasteiger partial charge on any atom is 0.233 e. The lowest BCUT2D eigenvalue weighted by atomic mass is 9.68. The summed E-state index contributed by atoms with van der Waals surface area (Å²) in [6.07, 6.45) is 6.05. The largest absolute Gasteiger partial charge is 0.347 e. The van der Waals surface area contributed by atoms with Crippen LogP contribution in [0.2, 0.25) is 0 Å². The normalized spacial score (nSPS) is 28.2. The second-order valence-corrected chi connectivity index (χ2v) is 10.7. The number of amides is 2. The summed E-state index contributed by atoms with van der Waals surface area (Å²) < 4.78 is 0. The number of nitrogens with zero attached hydrogens (tertiary/aromatic N) is 1. The van der Waals surface area contributed by atoms with Crippen molar-refractivity contribution in [1.29, 1.82) is 0 Å². The van der Waals surface area contributed by atoms with Crippen LogP contribution in [-0.2, 0) is 15.0 Å². The minimum Gasteiger partial charge on any atom is -0.347 e. The standard InChI is InChI=1S/C29H37N3O2/c1-21-11-13-24(14-12-21)28(16-7-4-8-17-28)27(34)32-20-29(31-22(2)33)19-30-18-15-25(29)26(32)23-9-5-3-6-10-23/h3,5-6,9-14,25-26,30H,4,7-8,15-20H2,1-2H3,(H,31,33)/t25-,26-,29-/m1/s1. The molecule has 1 saturated carbocycles. The van der Waals surface area contributed by atoms with Crippen LogP contribution in [0.1, 0.15) is 68.2 Å². The molecule has 0 bridgehead atoms. The van der Waals surface area contributed by atoms with Gasteiger partial charge < -0.3 is 15.5 Å². The maximum atomic E-state index is 14.8. The molecule has 3 fully saturated rings. The van der Waals surface area contributed by atoms with Gasteiger partial charge in [-0.05, 0) is 43.9 Å². The number of benzene rings is 2. The summed E-state index contributed by atoms with van der Waals surface area (Å²) in [5.74, 6) is 0.396. The van der Waals surface area contributed by atoms with Gasteiger partial charge in [0.15, 0.2) is 0 Å². The number of carbonyl (C=O) groups excluding carboxylic acids is 2. The van der Waals surface area contributed by atoms with Crippen LogP contribution < -0.4 is 10.6 Å². The molecule has 2 aromatic carbocycles. The fraction of sp³-hybridized carbons (Fsp3) is 0.517. The lowest BCUT2D eigenvalue weighted by Gasteiger charge is -2.41. The molecular formula is C29H37N3O2. The van der Waals surface area contributed by atoms with E-state index in [0.717, 1.165) is 44.2 Å².